The smallest absolute Gasteiger partial charge is 0.315 e. The van der Waals surface area contributed by atoms with Crippen LogP contribution in [0.5, 0.6) is 5.75 Å². The Morgan fingerprint density at radius 2 is 1.85 bits per heavy atom. The van der Waals surface area contributed by atoms with E-state index in [4.69, 9.17) is 48.4 Å². The van der Waals surface area contributed by atoms with Crippen LogP contribution in [0.15, 0.2) is 33.1 Å². The van der Waals surface area contributed by atoms with Gasteiger partial charge in [0.25, 0.3) is 5.89 Å². The molecule has 0 radical (unpaired) electrons. The average Bonchev–Trinajstić information content (AvgIpc) is 3.23. The van der Waals surface area contributed by atoms with Crippen molar-refractivity contribution in [1.82, 2.24) is 10.2 Å². The van der Waals surface area contributed by atoms with Crippen LogP contribution in [0.1, 0.15) is 11.7 Å². The first-order valence-corrected chi connectivity index (χ1v) is 8.35. The van der Waals surface area contributed by atoms with Gasteiger partial charge in [0.15, 0.2) is 11.5 Å². The number of carbonyl (C=O) groups excluding carboxylic acids is 1. The van der Waals surface area contributed by atoms with Gasteiger partial charge in [-0.05, 0) is 24.3 Å². The number of benzene rings is 1. The van der Waals surface area contributed by atoms with E-state index in [2.05, 4.69) is 14.9 Å². The third-order valence-corrected chi connectivity index (χ3v) is 3.96. The number of hydrogen-bond donors (Lipinski definition) is 0. The predicted molar refractivity (Wildman–Crippen MR) is 93.5 cm³/mol. The summed E-state index contributed by atoms with van der Waals surface area (Å²) in [5.41, 5.74) is 0. The van der Waals surface area contributed by atoms with Gasteiger partial charge in [-0.15, -0.1) is 10.2 Å². The van der Waals surface area contributed by atoms with E-state index in [1.165, 1.54) is 19.2 Å². The van der Waals surface area contributed by atoms with Gasteiger partial charge in [0, 0.05) is 5.02 Å². The summed E-state index contributed by atoms with van der Waals surface area (Å²) >= 11 is 18.0. The fraction of sp³-hybridized carbons (Fsp3) is 0.188. The maximum Gasteiger partial charge on any atom is 0.315 e. The molecule has 1 aromatic carbocycles. The molecule has 3 rings (SSSR count). The third-order valence-electron chi connectivity index (χ3n) is 3.18. The van der Waals surface area contributed by atoms with Gasteiger partial charge in [-0.25, -0.2) is 0 Å². The van der Waals surface area contributed by atoms with E-state index in [0.29, 0.717) is 32.3 Å². The van der Waals surface area contributed by atoms with E-state index in [1.807, 2.05) is 0 Å². The minimum Gasteiger partial charge on any atom is -0.483 e. The number of ether oxygens (including phenoxy) is 2. The Kier molecular flexibility index (Phi) is 5.70. The summed E-state index contributed by atoms with van der Waals surface area (Å²) < 4.78 is 21.1. The molecule has 136 valence electrons. The summed E-state index contributed by atoms with van der Waals surface area (Å²) in [5.74, 6) is 0.896. The molecule has 0 saturated heterocycles. The molecule has 10 heteroatoms. The highest BCUT2D eigenvalue weighted by atomic mass is 35.5. The van der Waals surface area contributed by atoms with Crippen molar-refractivity contribution in [2.75, 3.05) is 7.11 Å². The highest BCUT2D eigenvalue weighted by Gasteiger charge is 2.16. The van der Waals surface area contributed by atoms with Crippen molar-refractivity contribution in [1.29, 1.82) is 0 Å². The van der Waals surface area contributed by atoms with Gasteiger partial charge in [0.1, 0.15) is 18.8 Å². The van der Waals surface area contributed by atoms with Crippen molar-refractivity contribution in [2.24, 2.45) is 0 Å². The molecule has 0 bridgehead atoms. The largest absolute Gasteiger partial charge is 0.483 e. The topological polar surface area (TPSA) is 87.6 Å². The van der Waals surface area contributed by atoms with E-state index < -0.39 is 5.97 Å². The molecule has 0 aliphatic heterocycles. The van der Waals surface area contributed by atoms with Crippen LogP contribution < -0.4 is 4.74 Å². The van der Waals surface area contributed by atoms with Gasteiger partial charge in [0.2, 0.25) is 5.89 Å². The molecule has 0 aliphatic rings. The molecule has 0 N–H and O–H groups in total. The van der Waals surface area contributed by atoms with E-state index in [0.717, 1.165) is 0 Å². The number of methoxy groups -OCH3 is 1. The van der Waals surface area contributed by atoms with Crippen LogP contribution in [0.25, 0.3) is 11.7 Å². The lowest BCUT2D eigenvalue weighted by Crippen LogP contribution is -2.04. The molecule has 0 spiro atoms. The Hall–Kier alpha value is -2.22. The third kappa shape index (κ3) is 4.30. The first-order valence-electron chi connectivity index (χ1n) is 7.22. The highest BCUT2D eigenvalue weighted by Crippen LogP contribution is 2.36. The summed E-state index contributed by atoms with van der Waals surface area (Å²) in [4.78, 5) is 11.2. The summed E-state index contributed by atoms with van der Waals surface area (Å²) in [5, 5.41) is 8.58. The molecule has 2 aromatic heterocycles. The number of furan rings is 1. The zero-order chi connectivity index (χ0) is 18.7. The van der Waals surface area contributed by atoms with E-state index in [9.17, 15) is 4.79 Å². The lowest BCUT2D eigenvalue weighted by molar-refractivity contribution is -0.140. The van der Waals surface area contributed by atoms with Crippen LogP contribution in [0, 0.1) is 0 Å². The molecule has 3 aromatic rings. The standard InChI is InChI=1S/C16H11Cl3N2O5/c1-23-14(22)6-13-20-21-16(26-13)12-3-2-9(25-12)7-24-15-10(18)4-8(17)5-11(15)19/h2-5H,6-7H2,1H3. The lowest BCUT2D eigenvalue weighted by Gasteiger charge is -2.08. The van der Waals surface area contributed by atoms with Gasteiger partial charge in [-0.3, -0.25) is 4.79 Å². The van der Waals surface area contributed by atoms with Crippen LogP contribution in [0.3, 0.4) is 0 Å². The number of nitrogens with zero attached hydrogens (tertiary/aromatic N) is 2. The first-order chi connectivity index (χ1) is 12.5. The molecular weight excluding hydrogens is 407 g/mol. The Morgan fingerprint density at radius 1 is 1.12 bits per heavy atom. The Bertz CT molecular complexity index is 915. The zero-order valence-electron chi connectivity index (χ0n) is 13.3. The van der Waals surface area contributed by atoms with Crippen molar-refractivity contribution in [2.45, 2.75) is 13.0 Å². The van der Waals surface area contributed by atoms with Crippen LogP contribution in [-0.4, -0.2) is 23.3 Å². The fourth-order valence-electron chi connectivity index (χ4n) is 2.00. The van der Waals surface area contributed by atoms with Gasteiger partial charge >= 0.3 is 5.97 Å². The highest BCUT2D eigenvalue weighted by molar-refractivity contribution is 6.40. The maximum absolute atomic E-state index is 11.2. The number of carbonyl (C=O) groups is 1. The minimum absolute atomic E-state index is 0.0736. The van der Waals surface area contributed by atoms with E-state index in [-0.39, 0.29) is 24.8 Å². The van der Waals surface area contributed by atoms with Gasteiger partial charge in [-0.2, -0.15) is 0 Å². The van der Waals surface area contributed by atoms with Crippen LogP contribution in [0.4, 0.5) is 0 Å². The van der Waals surface area contributed by atoms with Crippen LogP contribution in [0.2, 0.25) is 15.1 Å². The number of aromatic nitrogens is 2. The van der Waals surface area contributed by atoms with Crippen molar-refractivity contribution in [3.05, 3.63) is 51.0 Å². The predicted octanol–water partition coefficient (Wildman–Crippen LogP) is 4.58. The zero-order valence-corrected chi connectivity index (χ0v) is 15.6. The lowest BCUT2D eigenvalue weighted by atomic mass is 10.3. The molecule has 0 amide bonds. The number of esters is 1. The van der Waals surface area contributed by atoms with Gasteiger partial charge in [0.05, 0.1) is 17.2 Å². The molecule has 0 fully saturated rings. The quantitative estimate of drug-likeness (QED) is 0.542. The average molecular weight is 418 g/mol. The van der Waals surface area contributed by atoms with E-state index in [1.54, 1.807) is 12.1 Å². The summed E-state index contributed by atoms with van der Waals surface area (Å²) in [6.07, 6.45) is -0.117. The Labute approximate surface area is 162 Å². The van der Waals surface area contributed by atoms with Crippen LogP contribution >= 0.6 is 34.8 Å². The molecule has 0 unspecified atom stereocenters. The monoisotopic (exact) mass is 416 g/mol. The van der Waals surface area contributed by atoms with Crippen molar-refractivity contribution >= 4 is 40.8 Å². The maximum atomic E-state index is 11.2. The molecule has 0 saturated carbocycles. The molecule has 26 heavy (non-hydrogen) atoms. The number of hydrogen-bond acceptors (Lipinski definition) is 7. The SMILES string of the molecule is COC(=O)Cc1nnc(-c2ccc(COc3c(Cl)cc(Cl)cc3Cl)o2)o1. The normalized spacial score (nSPS) is 10.8. The molecule has 7 nitrogen and oxygen atoms in total. The first kappa shape index (κ1) is 18.6. The summed E-state index contributed by atoms with van der Waals surface area (Å²) in [6, 6.07) is 6.37. The van der Waals surface area contributed by atoms with E-state index >= 15 is 0 Å². The van der Waals surface area contributed by atoms with Crippen LogP contribution in [-0.2, 0) is 22.6 Å². The molecule has 0 aliphatic carbocycles. The summed E-state index contributed by atoms with van der Waals surface area (Å²) in [6.45, 7) is 0.0736. The van der Waals surface area contributed by atoms with Crippen molar-refractivity contribution in [3.63, 3.8) is 0 Å². The van der Waals surface area contributed by atoms with Crippen molar-refractivity contribution < 1.29 is 23.1 Å². The summed E-state index contributed by atoms with van der Waals surface area (Å²) in [7, 11) is 1.28. The van der Waals surface area contributed by atoms with Crippen molar-refractivity contribution in [3.8, 4) is 17.4 Å². The number of rotatable bonds is 6. The number of halogens is 3. The molecule has 0 atom stereocenters. The minimum atomic E-state index is -0.481. The second-order valence-electron chi connectivity index (χ2n) is 5.01. The second-order valence-corrected chi connectivity index (χ2v) is 6.26. The van der Waals surface area contributed by atoms with Gasteiger partial charge in [-0.1, -0.05) is 34.8 Å². The van der Waals surface area contributed by atoms with Gasteiger partial charge < -0.3 is 18.3 Å². The fourth-order valence-corrected chi connectivity index (χ4v) is 2.93. The Morgan fingerprint density at radius 3 is 2.54 bits per heavy atom. The second kappa shape index (κ2) is 7.99. The molecular formula is C16H11Cl3N2O5. The molecule has 2 heterocycles. The Balaban J connectivity index is 1.68.